The normalized spacial score (nSPS) is 9.78. The molecule has 18 heavy (non-hydrogen) atoms. The van der Waals surface area contributed by atoms with E-state index in [0.29, 0.717) is 9.71 Å². The van der Waals surface area contributed by atoms with Crippen molar-refractivity contribution in [2.75, 3.05) is 0 Å². The number of aromatic nitrogens is 1. The summed E-state index contributed by atoms with van der Waals surface area (Å²) in [7, 11) is 0. The number of nitrogens with one attached hydrogen (secondary N) is 1. The first kappa shape index (κ1) is 14.3. The van der Waals surface area contributed by atoms with Gasteiger partial charge in [-0.1, -0.05) is 13.8 Å². The number of fused-ring (bicyclic) bond motifs is 1. The van der Waals surface area contributed by atoms with Crippen molar-refractivity contribution in [3.63, 3.8) is 0 Å². The predicted molar refractivity (Wildman–Crippen MR) is 66.2 cm³/mol. The fraction of sp³-hybridized carbons (Fsp3) is 0.273. The first-order chi connectivity index (χ1) is 8.67. The fourth-order valence-electron chi connectivity index (χ4n) is 1.34. The molecule has 0 saturated heterocycles. The van der Waals surface area contributed by atoms with Crippen LogP contribution in [-0.2, 0) is 11.5 Å². The molecule has 0 unspecified atom stereocenters. The first-order valence-electron chi connectivity index (χ1n) is 5.25. The Labute approximate surface area is 106 Å². The molecule has 5 nitrogen and oxygen atoms in total. The van der Waals surface area contributed by atoms with Crippen molar-refractivity contribution < 1.29 is 19.4 Å². The molecule has 2 aromatic rings. The summed E-state index contributed by atoms with van der Waals surface area (Å²) in [6.45, 7) is 3.80. The van der Waals surface area contributed by atoms with Crippen LogP contribution in [0, 0.1) is 0 Å². The Morgan fingerprint density at radius 1 is 1.56 bits per heavy atom. The van der Waals surface area contributed by atoms with Gasteiger partial charge in [0.05, 0.1) is 12.0 Å². The number of aliphatic hydroxyl groups excluding tert-OH is 1. The van der Waals surface area contributed by atoms with Crippen LogP contribution in [0.3, 0.4) is 0 Å². The van der Waals surface area contributed by atoms with E-state index in [4.69, 9.17) is 5.11 Å². The molecular weight excluding hydrogens is 261 g/mol. The Bertz CT molecular complexity index is 605. The molecule has 0 bridgehead atoms. The highest BCUT2D eigenvalue weighted by Gasteiger charge is 2.16. The minimum absolute atomic E-state index is 0.199. The number of carbonyl (C=O) groups excluding carboxylic acids is 1. The van der Waals surface area contributed by atoms with Crippen molar-refractivity contribution in [3.05, 3.63) is 32.9 Å². The van der Waals surface area contributed by atoms with Gasteiger partial charge in [-0.05, 0) is 6.07 Å². The molecule has 0 spiro atoms. The van der Waals surface area contributed by atoms with Crippen LogP contribution in [0.25, 0.3) is 10.2 Å². The smallest absolute Gasteiger partial charge is 0.384 e. The molecule has 98 valence electrons. The van der Waals surface area contributed by atoms with Crippen molar-refractivity contribution in [1.29, 1.82) is 0 Å². The quantitative estimate of drug-likeness (QED) is 0.878. The average molecular weight is 273 g/mol. The number of H-pyrrole nitrogens is 1. The van der Waals surface area contributed by atoms with Crippen LogP contribution in [0.1, 0.15) is 29.1 Å². The lowest BCUT2D eigenvalue weighted by atomic mass is 10.2. The van der Waals surface area contributed by atoms with E-state index in [1.165, 1.54) is 17.4 Å². The number of hydrogen-bond acceptors (Lipinski definition) is 5. The minimum Gasteiger partial charge on any atom is -0.391 e. The highest BCUT2D eigenvalue weighted by Crippen LogP contribution is 2.21. The maximum Gasteiger partial charge on any atom is 0.384 e. The molecule has 0 radical (unpaired) electrons. The Balaban J connectivity index is 0.000000771. The second-order valence-corrected chi connectivity index (χ2v) is 4.15. The summed E-state index contributed by atoms with van der Waals surface area (Å²) >= 11 is 1.19. The summed E-state index contributed by atoms with van der Waals surface area (Å²) in [5, 5.41) is 9.13. The minimum atomic E-state index is -1.33. The Kier molecular flexibility index (Phi) is 4.99. The number of aliphatic hydroxyl groups is 1. The molecular formula is C11H12FNO4S. The summed E-state index contributed by atoms with van der Waals surface area (Å²) < 4.78 is 11.7. The number of aromatic amines is 1. The van der Waals surface area contributed by atoms with Gasteiger partial charge in [-0.3, -0.25) is 4.79 Å². The van der Waals surface area contributed by atoms with Crippen molar-refractivity contribution in [1.82, 2.24) is 4.98 Å². The summed E-state index contributed by atoms with van der Waals surface area (Å²) in [6.07, 6.45) is 1.09. The third-order valence-electron chi connectivity index (χ3n) is 2.07. The van der Waals surface area contributed by atoms with E-state index in [2.05, 4.69) is 9.93 Å². The van der Waals surface area contributed by atoms with Crippen LogP contribution in [0.4, 0.5) is 4.53 Å². The zero-order valence-corrected chi connectivity index (χ0v) is 10.6. The van der Waals surface area contributed by atoms with Gasteiger partial charge < -0.3 is 10.1 Å². The lowest BCUT2D eigenvalue weighted by Crippen LogP contribution is -2.15. The van der Waals surface area contributed by atoms with E-state index in [1.807, 2.05) is 13.8 Å². The molecule has 0 aliphatic rings. The highest BCUT2D eigenvalue weighted by atomic mass is 32.1. The van der Waals surface area contributed by atoms with Crippen molar-refractivity contribution in [2.24, 2.45) is 0 Å². The van der Waals surface area contributed by atoms with Gasteiger partial charge >= 0.3 is 5.97 Å². The summed E-state index contributed by atoms with van der Waals surface area (Å²) in [6, 6.07) is 1.45. The van der Waals surface area contributed by atoms with Crippen LogP contribution in [0.15, 0.2) is 17.1 Å². The number of carbonyl (C=O) groups is 1. The van der Waals surface area contributed by atoms with Crippen molar-refractivity contribution in [2.45, 2.75) is 20.5 Å². The number of hydrogen-bond donors (Lipinski definition) is 2. The van der Waals surface area contributed by atoms with Crippen molar-refractivity contribution in [3.8, 4) is 0 Å². The number of pyridine rings is 1. The van der Waals surface area contributed by atoms with Gasteiger partial charge in [-0.15, -0.1) is 11.3 Å². The van der Waals surface area contributed by atoms with Gasteiger partial charge in [-0.2, -0.15) is 0 Å². The largest absolute Gasteiger partial charge is 0.391 e. The summed E-state index contributed by atoms with van der Waals surface area (Å²) in [5.41, 5.74) is -1.02. The van der Waals surface area contributed by atoms with Gasteiger partial charge in [0.25, 0.3) is 0 Å². The summed E-state index contributed by atoms with van der Waals surface area (Å²) in [4.78, 5) is 29.3. The zero-order valence-electron chi connectivity index (χ0n) is 9.82. The Hall–Kier alpha value is -1.73. The number of halogens is 1. The molecule has 0 atom stereocenters. The second-order valence-electron chi connectivity index (χ2n) is 3.01. The zero-order chi connectivity index (χ0) is 13.7. The molecule has 2 N–H and O–H groups in total. The number of thiophene rings is 1. The standard InChI is InChI=1S/C9H6FNO4S.C2H6/c10-15-9(14)6-2-11-8-5(7(6)13)1-4(3-12)16-8;1-2/h1-2,12H,3H2,(H,11,13);1-2H3. The molecule has 0 saturated carbocycles. The molecule has 0 amide bonds. The van der Waals surface area contributed by atoms with Gasteiger partial charge in [-0.25, -0.2) is 9.74 Å². The lowest BCUT2D eigenvalue weighted by Gasteiger charge is -1.94. The van der Waals surface area contributed by atoms with E-state index in [9.17, 15) is 14.1 Å². The first-order valence-corrected chi connectivity index (χ1v) is 6.07. The maximum atomic E-state index is 11.7. The molecule has 0 fully saturated rings. The van der Waals surface area contributed by atoms with E-state index in [0.717, 1.165) is 6.20 Å². The lowest BCUT2D eigenvalue weighted by molar-refractivity contribution is -0.0789. The van der Waals surface area contributed by atoms with E-state index in [-0.39, 0.29) is 12.0 Å². The molecule has 2 aromatic heterocycles. The molecule has 7 heteroatoms. The van der Waals surface area contributed by atoms with Crippen LogP contribution >= 0.6 is 11.3 Å². The van der Waals surface area contributed by atoms with Crippen LogP contribution < -0.4 is 5.43 Å². The predicted octanol–water partition coefficient (Wildman–Crippen LogP) is 2.15. The van der Waals surface area contributed by atoms with Gasteiger partial charge in [0.15, 0.2) is 0 Å². The highest BCUT2D eigenvalue weighted by molar-refractivity contribution is 7.18. The molecule has 0 aliphatic carbocycles. The van der Waals surface area contributed by atoms with E-state index >= 15 is 0 Å². The van der Waals surface area contributed by atoms with Crippen LogP contribution in [0.2, 0.25) is 0 Å². The third kappa shape index (κ3) is 2.57. The monoisotopic (exact) mass is 273 g/mol. The Morgan fingerprint density at radius 2 is 2.22 bits per heavy atom. The maximum absolute atomic E-state index is 11.7. The topological polar surface area (TPSA) is 79.4 Å². The molecule has 0 aromatic carbocycles. The molecule has 0 aliphatic heterocycles. The molecule has 2 rings (SSSR count). The fourth-order valence-corrected chi connectivity index (χ4v) is 2.22. The Morgan fingerprint density at radius 3 is 2.78 bits per heavy atom. The molecule has 2 heterocycles. The van der Waals surface area contributed by atoms with Gasteiger partial charge in [0, 0.05) is 15.6 Å². The number of rotatable bonds is 2. The SMILES string of the molecule is CC.O=C(OF)c1c[nH]c2sc(CO)cc2c1=O. The second kappa shape index (κ2) is 6.27. The van der Waals surface area contributed by atoms with Crippen LogP contribution in [-0.4, -0.2) is 16.1 Å². The van der Waals surface area contributed by atoms with E-state index in [1.54, 1.807) is 0 Å². The average Bonchev–Trinajstić information content (AvgIpc) is 2.85. The third-order valence-corrected chi connectivity index (χ3v) is 3.12. The summed E-state index contributed by atoms with van der Waals surface area (Å²) in [5.74, 6) is -1.33. The van der Waals surface area contributed by atoms with E-state index < -0.39 is 17.0 Å². The van der Waals surface area contributed by atoms with Crippen molar-refractivity contribution >= 4 is 27.5 Å². The van der Waals surface area contributed by atoms with Gasteiger partial charge in [0.1, 0.15) is 10.4 Å². The van der Waals surface area contributed by atoms with Crippen LogP contribution in [0.5, 0.6) is 0 Å². The van der Waals surface area contributed by atoms with Gasteiger partial charge in [0.2, 0.25) is 5.43 Å².